The average Bonchev–Trinajstić information content (AvgIpc) is 1.69. The van der Waals surface area contributed by atoms with Crippen LogP contribution in [0.15, 0.2) is 170 Å². The Labute approximate surface area is 756 Å². The fourth-order valence-electron chi connectivity index (χ4n) is 10.6. The summed E-state index contributed by atoms with van der Waals surface area (Å²) in [6.45, 7) is 11.4. The topological polar surface area (TPSA) is 530 Å². The highest BCUT2D eigenvalue weighted by Gasteiger charge is 2.29. The van der Waals surface area contributed by atoms with E-state index in [0.717, 1.165) is 54.0 Å². The molecule has 15 aromatic rings. The van der Waals surface area contributed by atoms with Crippen molar-refractivity contribution in [1.29, 1.82) is 0 Å². The Hall–Kier alpha value is -16.0. The number of thiophene rings is 5. The van der Waals surface area contributed by atoms with Crippen LogP contribution < -0.4 is 53.2 Å². The number of pyridine rings is 4. The highest BCUT2D eigenvalue weighted by atomic mass is 32.1. The largest absolute Gasteiger partial charge is 0.453 e. The van der Waals surface area contributed by atoms with E-state index < -0.39 is 128 Å². The third-order valence-electron chi connectivity index (χ3n) is 16.1. The normalized spacial score (nSPS) is 10.7. The van der Waals surface area contributed by atoms with Crippen molar-refractivity contribution in [2.75, 3.05) is 40.3 Å². The minimum atomic E-state index is -0.967. The zero-order chi connectivity index (χ0) is 94.4. The number of alkyl carbamates (subject to hydrolysis) is 5. The third kappa shape index (κ3) is 26.1. The number of methoxy groups -OCH3 is 1. The molecule has 676 valence electrons. The van der Waals surface area contributed by atoms with Crippen molar-refractivity contribution in [3.63, 3.8) is 0 Å². The second-order valence-corrected chi connectivity index (χ2v) is 32.5. The lowest BCUT2D eigenvalue weighted by molar-refractivity contribution is 0.0860. The van der Waals surface area contributed by atoms with Gasteiger partial charge in [0, 0.05) is 97.2 Å². The number of nitrogens with one attached hydrogen (secondary N) is 10. The lowest BCUT2D eigenvalue weighted by Gasteiger charge is -2.09. The number of carbonyl (C=O) groups is 15. The predicted molar refractivity (Wildman–Crippen MR) is 469 cm³/mol. The number of carbonyl (C=O) groups excluding carboxylic acids is 15. The standard InChI is InChI=1S/C17H15FN4O4S.C16H14FN5O4S.C16H13FN4O4S2.C16H13FN4O4S.C15H12N4O4S/c1-9(2)26-17(25)21-15(24)12-8-13(18)27-16(12)20-14(23)10-4-6-22-11(7-10)3-5-19-22;1-8(2)26-16(25)20-13(23)9-6-11(17)27-15(9)19-14(24)10-7-12-18-4-3-5-22(12)21-10;1-7(2)25-16(24)21-11(22)8-6-10(17)26-13(8)20-12(23)15-19-9-4-3-5-18-14(9)27-15;1-2-25-16(24)20-14(23)11-8-12(17)26-15(11)19-13(22)9-4-6-21-10(7-9)3-5-18-21;1-23-15(22)18-12(20)9-5-7-24-14(9)17-13(21)10-8-19-6-3-2-4-11(19)16-10/h3-9H,1-2H3,(H,20,23)(H,21,24,25);3-8H,1-2H3,(H,19,24)(H,20,23,25);3-7H,1-2H3,(H,20,23)(H,21,22,24);3-8H,2H2,1H3,(H,19,22)(H,20,23,24);2-8H,1H3,(H,17,21)(H,18,20,22). The Balaban J connectivity index is 0.000000158. The van der Waals surface area contributed by atoms with Gasteiger partial charge < -0.3 is 54.7 Å². The highest BCUT2D eigenvalue weighted by Crippen LogP contribution is 2.33. The van der Waals surface area contributed by atoms with E-state index in [4.69, 9.17) is 14.2 Å². The fourth-order valence-corrected chi connectivity index (χ4v) is 15.3. The van der Waals surface area contributed by atoms with Crippen LogP contribution in [0.1, 0.15) is 152 Å². The summed E-state index contributed by atoms with van der Waals surface area (Å²) >= 11 is 4.51. The number of amides is 15. The second-order valence-electron chi connectivity index (χ2n) is 26.6. The molecule has 131 heavy (non-hydrogen) atoms. The minimum Gasteiger partial charge on any atom is -0.453 e. The van der Waals surface area contributed by atoms with Gasteiger partial charge in [-0.1, -0.05) is 62.8 Å². The van der Waals surface area contributed by atoms with E-state index in [1.807, 2.05) is 38.7 Å². The molecule has 0 saturated carbocycles. The number of halogens is 4. The van der Waals surface area contributed by atoms with Crippen LogP contribution >= 0.6 is 68.0 Å². The molecule has 0 aromatic carbocycles. The van der Waals surface area contributed by atoms with E-state index in [0.29, 0.717) is 94.1 Å². The number of anilines is 5. The lowest BCUT2D eigenvalue weighted by Crippen LogP contribution is -2.33. The first-order valence-electron chi connectivity index (χ1n) is 37.6. The smallest absolute Gasteiger partial charge is 0.414 e. The van der Waals surface area contributed by atoms with Crippen LogP contribution in [0.3, 0.4) is 0 Å². The van der Waals surface area contributed by atoms with Crippen LogP contribution in [0.2, 0.25) is 0 Å². The molecule has 15 rings (SSSR count). The Kier molecular flexibility index (Phi) is 32.1. The number of aromatic nitrogens is 11. The van der Waals surface area contributed by atoms with Crippen molar-refractivity contribution < 1.29 is 113 Å². The first kappa shape index (κ1) is 95.7. The van der Waals surface area contributed by atoms with Gasteiger partial charge in [0.15, 0.2) is 36.9 Å². The Morgan fingerprint density at radius 3 is 1.31 bits per heavy atom. The summed E-state index contributed by atoms with van der Waals surface area (Å²) in [5.41, 5.74) is 3.36. The molecule has 15 heterocycles. The van der Waals surface area contributed by atoms with Crippen LogP contribution in [-0.4, -0.2) is 175 Å². The molecule has 0 aliphatic heterocycles. The molecule has 10 N–H and O–H groups in total. The van der Waals surface area contributed by atoms with Crippen molar-refractivity contribution in [1.82, 2.24) is 79.8 Å². The molecular formula is C80H67F4N21O20S6. The van der Waals surface area contributed by atoms with Crippen LogP contribution in [0.5, 0.6) is 0 Å². The number of imide groups is 5. The molecule has 0 saturated heterocycles. The molecule has 15 amide bonds. The summed E-state index contributed by atoms with van der Waals surface area (Å²) in [5.74, 6) is -6.95. The van der Waals surface area contributed by atoms with Gasteiger partial charge in [0.05, 0.1) is 70.9 Å². The summed E-state index contributed by atoms with van der Waals surface area (Å²) in [6.07, 6.45) is 8.51. The van der Waals surface area contributed by atoms with E-state index in [-0.39, 0.29) is 70.8 Å². The van der Waals surface area contributed by atoms with Crippen LogP contribution in [-0.2, 0) is 23.7 Å². The van der Waals surface area contributed by atoms with Crippen molar-refractivity contribution in [2.45, 2.75) is 66.8 Å². The number of imidazole rings is 1. The van der Waals surface area contributed by atoms with E-state index in [2.05, 4.69) is 71.3 Å². The highest BCUT2D eigenvalue weighted by molar-refractivity contribution is 7.20. The Bertz CT molecular complexity index is 6490. The molecule has 0 spiro atoms. The van der Waals surface area contributed by atoms with Crippen molar-refractivity contribution in [2.24, 2.45) is 0 Å². The molecule has 51 heteroatoms. The maximum Gasteiger partial charge on any atom is 0.414 e. The number of rotatable bonds is 19. The summed E-state index contributed by atoms with van der Waals surface area (Å²) in [6, 6.07) is 26.9. The molecule has 0 radical (unpaired) electrons. The molecule has 0 fully saturated rings. The van der Waals surface area contributed by atoms with Gasteiger partial charge in [0.1, 0.15) is 46.7 Å². The number of fused-ring (bicyclic) bond motifs is 5. The van der Waals surface area contributed by atoms with Crippen LogP contribution in [0.4, 0.5) is 66.5 Å². The fraction of sp³-hybridized carbons (Fsp3) is 0.150. The zero-order valence-electron chi connectivity index (χ0n) is 68.7. The van der Waals surface area contributed by atoms with Gasteiger partial charge in [0.2, 0.25) is 0 Å². The SMILES string of the molecule is CC(C)OC(=O)NC(=O)c1cc(F)sc1NC(=O)c1cc2ncccn2n1.CC(C)OC(=O)NC(=O)c1cc(F)sc1NC(=O)c1ccn2nccc2c1.CC(C)OC(=O)NC(=O)c1cc(F)sc1NC(=O)c1nc2cccnc2s1.CCOC(=O)NC(=O)c1cc(F)sc1NC(=O)c1ccn2nccc2c1.COC(=O)NC(=O)c1ccsc1NC(=O)c1cn2ccccc2n1. The molecule has 15 aromatic heterocycles. The quantitative estimate of drug-likeness (QED) is 0.0265. The maximum absolute atomic E-state index is 13.7. The zero-order valence-corrected chi connectivity index (χ0v) is 73.5. The molecule has 0 unspecified atom stereocenters. The Morgan fingerprint density at radius 2 is 0.847 bits per heavy atom. The summed E-state index contributed by atoms with van der Waals surface area (Å²) < 4.78 is 84.3. The van der Waals surface area contributed by atoms with Crippen molar-refractivity contribution in [3.8, 4) is 0 Å². The minimum absolute atomic E-state index is 0.0114. The van der Waals surface area contributed by atoms with E-state index in [9.17, 15) is 89.5 Å². The number of hydrogen-bond acceptors (Lipinski definition) is 33. The van der Waals surface area contributed by atoms with E-state index in [1.165, 1.54) is 22.7 Å². The molecule has 41 nitrogen and oxygen atoms in total. The summed E-state index contributed by atoms with van der Waals surface area (Å²) in [5, 5.41) is 33.7. The first-order chi connectivity index (χ1) is 62.5. The van der Waals surface area contributed by atoms with Crippen LogP contribution in [0, 0.1) is 20.5 Å². The number of ether oxygens (including phenoxy) is 5. The van der Waals surface area contributed by atoms with Gasteiger partial charge in [-0.05, 0) is 127 Å². The van der Waals surface area contributed by atoms with Gasteiger partial charge in [-0.25, -0.2) is 57.5 Å². The number of thiazole rings is 1. The second kappa shape index (κ2) is 43.9. The van der Waals surface area contributed by atoms with Crippen molar-refractivity contribution >= 4 is 215 Å². The van der Waals surface area contributed by atoms with Gasteiger partial charge in [-0.3, -0.25) is 74.5 Å². The first-order valence-corrected chi connectivity index (χ1v) is 42.6. The predicted octanol–water partition coefficient (Wildman–Crippen LogP) is 13.8. The number of nitrogens with zero attached hydrogens (tertiary/aromatic N) is 11. The van der Waals surface area contributed by atoms with Crippen LogP contribution in [0.25, 0.3) is 32.7 Å². The number of hydrogen-bond donors (Lipinski definition) is 10. The molecule has 0 aliphatic rings. The van der Waals surface area contributed by atoms with Gasteiger partial charge >= 0.3 is 30.5 Å². The monoisotopic (exact) mass is 1910 g/mol. The summed E-state index contributed by atoms with van der Waals surface area (Å²) in [7, 11) is 1.16. The van der Waals surface area contributed by atoms with Gasteiger partial charge in [0.25, 0.3) is 59.1 Å². The maximum atomic E-state index is 13.7. The lowest BCUT2D eigenvalue weighted by atomic mass is 10.2. The molecule has 0 aliphatic carbocycles. The Morgan fingerprint density at radius 1 is 0.397 bits per heavy atom. The van der Waals surface area contributed by atoms with E-state index in [1.54, 1.807) is 178 Å². The molecule has 0 atom stereocenters. The van der Waals surface area contributed by atoms with Gasteiger partial charge in [-0.15, -0.1) is 11.3 Å². The third-order valence-corrected chi connectivity index (χ3v) is 21.3. The molecular weight excluding hydrogens is 1840 g/mol. The summed E-state index contributed by atoms with van der Waals surface area (Å²) in [4.78, 5) is 197. The average molecular weight is 1910 g/mol. The molecule has 0 bridgehead atoms. The van der Waals surface area contributed by atoms with Crippen molar-refractivity contribution in [3.05, 3.63) is 246 Å². The van der Waals surface area contributed by atoms with Gasteiger partial charge in [-0.2, -0.15) is 32.9 Å². The van der Waals surface area contributed by atoms with E-state index >= 15 is 0 Å².